The van der Waals surface area contributed by atoms with Gasteiger partial charge in [0.2, 0.25) is 11.5 Å². The Bertz CT molecular complexity index is 1090. The van der Waals surface area contributed by atoms with Crippen molar-refractivity contribution in [2.75, 3.05) is 82.0 Å². The lowest BCUT2D eigenvalue weighted by Crippen LogP contribution is -2.54. The number of hydrogen-bond acceptors (Lipinski definition) is 10. The average molecular weight is 576 g/mol. The van der Waals surface area contributed by atoms with Crippen molar-refractivity contribution in [3.05, 3.63) is 35.4 Å². The molecule has 1 aliphatic rings. The Kier molecular flexibility index (Phi) is 12.0. The summed E-state index contributed by atoms with van der Waals surface area (Å²) in [6, 6.07) is 7.83. The Morgan fingerprint density at radius 3 is 1.61 bits per heavy atom. The minimum Gasteiger partial charge on any atom is -0.493 e. The minimum atomic E-state index is -0.301. The Hall–Kier alpha value is -3.57. The van der Waals surface area contributed by atoms with E-state index >= 15 is 0 Å². The fourth-order valence-corrected chi connectivity index (χ4v) is 5.15. The number of nitrogens with zero attached hydrogens (tertiary/aromatic N) is 3. The normalized spacial score (nSPS) is 15.7. The average Bonchev–Trinajstić information content (AvgIpc) is 3.00. The fourth-order valence-electron chi connectivity index (χ4n) is 5.15. The maximum Gasteiger partial charge on any atom is 0.409 e. The molecule has 3 rings (SSSR count). The number of carbonyl (C=O) groups is 1. The van der Waals surface area contributed by atoms with Crippen molar-refractivity contribution in [3.8, 4) is 34.5 Å². The highest BCUT2D eigenvalue weighted by molar-refractivity contribution is 5.67. The summed E-state index contributed by atoms with van der Waals surface area (Å²) in [6.07, 6.45) is -0.301. The second kappa shape index (κ2) is 15.4. The summed E-state index contributed by atoms with van der Waals surface area (Å²) in [5, 5.41) is 0. The number of hydrogen-bond donors (Lipinski definition) is 0. The van der Waals surface area contributed by atoms with Crippen molar-refractivity contribution in [2.24, 2.45) is 0 Å². The van der Waals surface area contributed by atoms with Gasteiger partial charge in [0, 0.05) is 45.8 Å². The highest BCUT2D eigenvalue weighted by Crippen LogP contribution is 2.40. The van der Waals surface area contributed by atoms with Crippen molar-refractivity contribution in [3.63, 3.8) is 0 Å². The lowest BCUT2D eigenvalue weighted by atomic mass is 10.1. The van der Waals surface area contributed by atoms with Gasteiger partial charge in [0.15, 0.2) is 23.0 Å². The first-order valence-corrected chi connectivity index (χ1v) is 13.8. The molecule has 2 aromatic carbocycles. The van der Waals surface area contributed by atoms with Crippen molar-refractivity contribution >= 4 is 6.09 Å². The zero-order chi connectivity index (χ0) is 29.9. The number of benzene rings is 2. The van der Waals surface area contributed by atoms with E-state index in [4.69, 9.17) is 33.2 Å². The van der Waals surface area contributed by atoms with Gasteiger partial charge in [-0.3, -0.25) is 9.80 Å². The van der Waals surface area contributed by atoms with Gasteiger partial charge in [0.05, 0.1) is 48.7 Å². The Morgan fingerprint density at radius 1 is 0.732 bits per heavy atom. The molecule has 0 radical (unpaired) electrons. The van der Waals surface area contributed by atoms with Gasteiger partial charge in [-0.05, 0) is 49.2 Å². The maximum absolute atomic E-state index is 12.7. The van der Waals surface area contributed by atoms with E-state index in [2.05, 4.69) is 9.80 Å². The molecule has 1 aliphatic heterocycles. The van der Waals surface area contributed by atoms with Gasteiger partial charge in [-0.25, -0.2) is 4.79 Å². The molecule has 0 aromatic heterocycles. The molecule has 0 saturated carbocycles. The topological polar surface area (TPSA) is 91.4 Å². The third kappa shape index (κ3) is 7.80. The molecule has 11 heteroatoms. The first-order chi connectivity index (χ1) is 19.8. The number of amides is 1. The largest absolute Gasteiger partial charge is 0.493 e. The van der Waals surface area contributed by atoms with Crippen molar-refractivity contribution in [1.82, 2.24) is 14.7 Å². The van der Waals surface area contributed by atoms with E-state index in [1.807, 2.05) is 38.1 Å². The highest BCUT2D eigenvalue weighted by atomic mass is 16.6. The number of methoxy groups -OCH3 is 6. The van der Waals surface area contributed by atoms with Gasteiger partial charge in [0.1, 0.15) is 6.61 Å². The van der Waals surface area contributed by atoms with E-state index in [0.717, 1.165) is 24.2 Å². The van der Waals surface area contributed by atoms with Crippen molar-refractivity contribution in [2.45, 2.75) is 33.0 Å². The summed E-state index contributed by atoms with van der Waals surface area (Å²) in [5.74, 6) is 3.56. The van der Waals surface area contributed by atoms with E-state index in [9.17, 15) is 4.79 Å². The monoisotopic (exact) mass is 575 g/mol. The molecule has 0 aliphatic carbocycles. The van der Waals surface area contributed by atoms with Gasteiger partial charge in [-0.15, -0.1) is 0 Å². The standard InChI is InChI=1S/C30H45N3O8/c1-9-32(10-2)30(34)41-20-23-19-31(17-21-13-24(35-3)28(39-7)25(14-21)36-4)11-12-33(23)18-22-15-26(37-5)29(40-8)27(16-22)38-6/h13-16,23H,9-12,17-20H2,1-8H3. The van der Waals surface area contributed by atoms with Crippen molar-refractivity contribution in [1.29, 1.82) is 0 Å². The minimum absolute atomic E-state index is 0.0376. The molecule has 1 heterocycles. The second-order valence-corrected chi connectivity index (χ2v) is 9.68. The SMILES string of the molecule is CCN(CC)C(=O)OCC1CN(Cc2cc(OC)c(OC)c(OC)c2)CCN1Cc1cc(OC)c(OC)c(OC)c1. The summed E-state index contributed by atoms with van der Waals surface area (Å²) < 4.78 is 39.0. The molecule has 1 fully saturated rings. The van der Waals surface area contributed by atoms with Crippen LogP contribution in [0, 0.1) is 0 Å². The van der Waals surface area contributed by atoms with Gasteiger partial charge in [-0.1, -0.05) is 0 Å². The summed E-state index contributed by atoms with van der Waals surface area (Å²) in [4.78, 5) is 19.1. The van der Waals surface area contributed by atoms with E-state index in [1.54, 1.807) is 47.6 Å². The Labute approximate surface area is 243 Å². The third-order valence-electron chi connectivity index (χ3n) is 7.35. The zero-order valence-electron chi connectivity index (χ0n) is 25.7. The van der Waals surface area contributed by atoms with Crippen LogP contribution in [0.15, 0.2) is 24.3 Å². The molecule has 2 aromatic rings. The molecular weight excluding hydrogens is 530 g/mol. The van der Waals surface area contributed by atoms with Crippen LogP contribution in [0.4, 0.5) is 4.79 Å². The molecule has 0 N–H and O–H groups in total. The van der Waals surface area contributed by atoms with E-state index in [1.165, 1.54) is 0 Å². The van der Waals surface area contributed by atoms with Crippen molar-refractivity contribution < 1.29 is 38.0 Å². The number of ether oxygens (including phenoxy) is 7. The Balaban J connectivity index is 1.83. The van der Waals surface area contributed by atoms with Gasteiger partial charge in [-0.2, -0.15) is 0 Å². The van der Waals surface area contributed by atoms with E-state index in [0.29, 0.717) is 67.2 Å². The quantitative estimate of drug-likeness (QED) is 0.330. The van der Waals surface area contributed by atoms with E-state index in [-0.39, 0.29) is 18.7 Å². The number of rotatable bonds is 14. The van der Waals surface area contributed by atoms with E-state index < -0.39 is 0 Å². The lowest BCUT2D eigenvalue weighted by Gasteiger charge is -2.41. The summed E-state index contributed by atoms with van der Waals surface area (Å²) in [7, 11) is 9.63. The lowest BCUT2D eigenvalue weighted by molar-refractivity contribution is 0.0152. The van der Waals surface area contributed by atoms with Crippen LogP contribution < -0.4 is 28.4 Å². The predicted octanol–water partition coefficient (Wildman–Crippen LogP) is 3.90. The third-order valence-corrected chi connectivity index (χ3v) is 7.35. The van der Waals surface area contributed by atoms with Crippen LogP contribution in [0.25, 0.3) is 0 Å². The highest BCUT2D eigenvalue weighted by Gasteiger charge is 2.30. The van der Waals surface area contributed by atoms with Crippen LogP contribution in [-0.2, 0) is 17.8 Å². The van der Waals surface area contributed by atoms with Crippen LogP contribution in [-0.4, -0.2) is 109 Å². The van der Waals surface area contributed by atoms with Gasteiger partial charge < -0.3 is 38.1 Å². The number of carbonyl (C=O) groups excluding carboxylic acids is 1. The number of piperazine rings is 1. The van der Waals surface area contributed by atoms with Gasteiger partial charge >= 0.3 is 6.09 Å². The molecule has 228 valence electrons. The van der Waals surface area contributed by atoms with Crippen LogP contribution in [0.1, 0.15) is 25.0 Å². The van der Waals surface area contributed by atoms with Crippen LogP contribution >= 0.6 is 0 Å². The molecule has 1 unspecified atom stereocenters. The Morgan fingerprint density at radius 2 is 1.20 bits per heavy atom. The molecule has 0 spiro atoms. The zero-order valence-corrected chi connectivity index (χ0v) is 25.7. The molecule has 1 atom stereocenters. The molecular formula is C30H45N3O8. The fraction of sp³-hybridized carbons (Fsp3) is 0.567. The summed E-state index contributed by atoms with van der Waals surface area (Å²) in [6.45, 7) is 8.96. The first kappa shape index (κ1) is 32.0. The maximum atomic E-state index is 12.7. The molecule has 1 saturated heterocycles. The molecule has 11 nitrogen and oxygen atoms in total. The second-order valence-electron chi connectivity index (χ2n) is 9.68. The molecule has 41 heavy (non-hydrogen) atoms. The first-order valence-electron chi connectivity index (χ1n) is 13.8. The molecule has 0 bridgehead atoms. The smallest absolute Gasteiger partial charge is 0.409 e. The predicted molar refractivity (Wildman–Crippen MR) is 156 cm³/mol. The summed E-state index contributed by atoms with van der Waals surface area (Å²) >= 11 is 0. The van der Waals surface area contributed by atoms with Gasteiger partial charge in [0.25, 0.3) is 0 Å². The molecule has 1 amide bonds. The van der Waals surface area contributed by atoms with Crippen LogP contribution in [0.5, 0.6) is 34.5 Å². The van der Waals surface area contributed by atoms with Crippen LogP contribution in [0.2, 0.25) is 0 Å². The summed E-state index contributed by atoms with van der Waals surface area (Å²) in [5.41, 5.74) is 2.05. The van der Waals surface area contributed by atoms with Crippen LogP contribution in [0.3, 0.4) is 0 Å².